The number of nitrogens with zero attached hydrogens (tertiary/aromatic N) is 2. The van der Waals surface area contributed by atoms with Gasteiger partial charge in [-0.25, -0.2) is 4.98 Å². The van der Waals surface area contributed by atoms with Crippen LogP contribution in [-0.2, 0) is 28.0 Å². The van der Waals surface area contributed by atoms with E-state index in [4.69, 9.17) is 9.57 Å². The molecule has 0 amide bonds. The van der Waals surface area contributed by atoms with Crippen molar-refractivity contribution >= 4 is 11.0 Å². The fraction of sp³-hybridized carbons (Fsp3) is 0.455. The zero-order valence-electron chi connectivity index (χ0n) is 17.4. The lowest BCUT2D eigenvalue weighted by atomic mass is 9.81. The van der Waals surface area contributed by atoms with Crippen molar-refractivity contribution in [3.8, 4) is 0 Å². The van der Waals surface area contributed by atoms with Crippen molar-refractivity contribution in [1.82, 2.24) is 15.0 Å². The molecule has 1 aliphatic carbocycles. The van der Waals surface area contributed by atoms with Crippen LogP contribution >= 0.6 is 0 Å². The second-order valence-corrected chi connectivity index (χ2v) is 8.31. The van der Waals surface area contributed by atoms with Crippen molar-refractivity contribution in [1.29, 1.82) is 0 Å². The highest BCUT2D eigenvalue weighted by molar-refractivity contribution is 5.73. The lowest BCUT2D eigenvalue weighted by molar-refractivity contribution is -0.126. The molecule has 1 aromatic carbocycles. The van der Waals surface area contributed by atoms with Crippen LogP contribution in [-0.4, -0.2) is 55.2 Å². The molecule has 2 aliphatic rings. The molecular formula is C22H26N4O5. The Hall–Kier alpha value is -2.72. The van der Waals surface area contributed by atoms with Crippen molar-refractivity contribution in [2.75, 3.05) is 6.61 Å². The largest absolute Gasteiger partial charge is 0.394 e. The minimum atomic E-state index is -1.51. The Morgan fingerprint density at radius 2 is 2.03 bits per heavy atom. The molecule has 3 heterocycles. The average Bonchev–Trinajstić information content (AvgIpc) is 3.32. The summed E-state index contributed by atoms with van der Waals surface area (Å²) in [5.41, 5.74) is 2.56. The number of rotatable bonds is 5. The Labute approximate surface area is 178 Å². The topological polar surface area (TPSA) is 136 Å². The molecule has 1 saturated heterocycles. The Balaban J connectivity index is 1.50. The van der Waals surface area contributed by atoms with E-state index in [0.717, 1.165) is 18.2 Å². The van der Waals surface area contributed by atoms with Gasteiger partial charge in [-0.3, -0.25) is 0 Å². The number of hydrogen-bond acceptors (Lipinski definition) is 7. The number of fused-ring (bicyclic) bond motifs is 2. The Morgan fingerprint density at radius 3 is 2.74 bits per heavy atom. The lowest BCUT2D eigenvalue weighted by Gasteiger charge is -2.33. The molecule has 0 spiro atoms. The summed E-state index contributed by atoms with van der Waals surface area (Å²) in [6.07, 6.45) is -0.903. The highest BCUT2D eigenvalue weighted by atomic mass is 16.6. The first kappa shape index (κ1) is 20.2. The summed E-state index contributed by atoms with van der Waals surface area (Å²) < 4.78 is 6.02. The third kappa shape index (κ3) is 3.25. The fourth-order valence-electron chi connectivity index (χ4n) is 4.36. The predicted octanol–water partition coefficient (Wildman–Crippen LogP) is 0.911. The van der Waals surface area contributed by atoms with Crippen LogP contribution in [0.15, 0.2) is 35.6 Å². The van der Waals surface area contributed by atoms with Crippen LogP contribution in [0, 0.1) is 0 Å². The molecule has 3 aromatic rings. The van der Waals surface area contributed by atoms with Gasteiger partial charge in [-0.2, -0.15) is 0 Å². The number of aliphatic hydroxyl groups is 3. The van der Waals surface area contributed by atoms with E-state index >= 15 is 0 Å². The fourth-order valence-corrected chi connectivity index (χ4v) is 4.36. The van der Waals surface area contributed by atoms with Crippen molar-refractivity contribution < 1.29 is 24.9 Å². The Bertz CT molecular complexity index is 1180. The van der Waals surface area contributed by atoms with Gasteiger partial charge in [-0.15, -0.1) is 0 Å². The van der Waals surface area contributed by atoms with Gasteiger partial charge in [0.25, 0.3) is 0 Å². The van der Waals surface area contributed by atoms with Gasteiger partial charge in [0.15, 0.2) is 5.49 Å². The average molecular weight is 426 g/mol. The van der Waals surface area contributed by atoms with E-state index in [0.29, 0.717) is 23.3 Å². The molecule has 164 valence electrons. The second-order valence-electron chi connectivity index (χ2n) is 8.31. The van der Waals surface area contributed by atoms with Gasteiger partial charge in [0, 0.05) is 6.20 Å². The molecule has 1 fully saturated rings. The van der Waals surface area contributed by atoms with E-state index in [1.165, 1.54) is 11.1 Å². The van der Waals surface area contributed by atoms with E-state index in [1.807, 2.05) is 25.1 Å². The molecule has 9 nitrogen and oxygen atoms in total. The third-order valence-corrected chi connectivity index (χ3v) is 6.29. The zero-order valence-corrected chi connectivity index (χ0v) is 17.4. The molecule has 0 radical (unpaired) electrons. The number of nitrogens with one attached hydrogen (secondary N) is 2. The van der Waals surface area contributed by atoms with E-state index in [-0.39, 0.29) is 5.82 Å². The molecule has 0 bridgehead atoms. The monoisotopic (exact) mass is 426 g/mol. The maximum Gasteiger partial charge on any atom is 0.182 e. The number of aromatic nitrogens is 3. The van der Waals surface area contributed by atoms with E-state index < -0.39 is 30.0 Å². The summed E-state index contributed by atoms with van der Waals surface area (Å²) in [6, 6.07) is 7.60. The minimum Gasteiger partial charge on any atom is -0.394 e. The summed E-state index contributed by atoms with van der Waals surface area (Å²) in [4.78, 5) is 15.7. The second kappa shape index (κ2) is 7.45. The quantitative estimate of drug-likeness (QED) is 0.385. The first-order valence-corrected chi connectivity index (χ1v) is 10.5. The first-order chi connectivity index (χ1) is 14.9. The van der Waals surface area contributed by atoms with Crippen molar-refractivity contribution in [2.24, 2.45) is 5.16 Å². The standard InChI is InChI=1S/C22H26N4O5/c1-3-30-26-20-14-8-9-23-19(14)24-21(25-20)17-15(27)16(28)18(31-17)22(2,29)13-7-6-11-4-5-12(11)10-13/h6-10,15-18,27-29H,3-5H2,1-2H3,(H2,23,24,25,26)/t15-,16+,17+,18+,22-/m1/s1. The summed E-state index contributed by atoms with van der Waals surface area (Å²) in [7, 11) is 0. The molecule has 0 saturated carbocycles. The number of aromatic amines is 2. The zero-order chi connectivity index (χ0) is 21.8. The molecule has 5 N–H and O–H groups in total. The van der Waals surface area contributed by atoms with Gasteiger partial charge >= 0.3 is 0 Å². The van der Waals surface area contributed by atoms with Crippen LogP contribution in [0.25, 0.3) is 11.0 Å². The maximum atomic E-state index is 11.3. The summed E-state index contributed by atoms with van der Waals surface area (Å²) in [5, 5.41) is 37.7. The van der Waals surface area contributed by atoms with E-state index in [2.05, 4.69) is 20.1 Å². The van der Waals surface area contributed by atoms with Gasteiger partial charge in [0.2, 0.25) is 0 Å². The number of H-pyrrole nitrogens is 2. The van der Waals surface area contributed by atoms with Crippen LogP contribution in [0.2, 0.25) is 0 Å². The molecule has 5 atom stereocenters. The lowest BCUT2D eigenvalue weighted by Crippen LogP contribution is -2.45. The highest BCUT2D eigenvalue weighted by Crippen LogP contribution is 2.41. The maximum absolute atomic E-state index is 11.3. The van der Waals surface area contributed by atoms with Gasteiger partial charge < -0.3 is 34.9 Å². The smallest absolute Gasteiger partial charge is 0.182 e. The summed E-state index contributed by atoms with van der Waals surface area (Å²) >= 11 is 0. The van der Waals surface area contributed by atoms with Crippen LogP contribution in [0.4, 0.5) is 0 Å². The van der Waals surface area contributed by atoms with Crippen LogP contribution < -0.4 is 5.49 Å². The van der Waals surface area contributed by atoms with Crippen LogP contribution in [0.1, 0.15) is 42.5 Å². The minimum absolute atomic E-state index is 0.274. The number of benzene rings is 1. The number of aliphatic hydroxyl groups excluding tert-OH is 2. The predicted molar refractivity (Wildman–Crippen MR) is 111 cm³/mol. The SMILES string of the molecule is CCON=c1[nH]c([C@H]2O[C@H]([C@](C)(O)c3ccc4c(c3)CC4)[C@@H](O)[C@H]2O)nc2[nH]ccc12. The van der Waals surface area contributed by atoms with Crippen molar-refractivity contribution in [3.63, 3.8) is 0 Å². The molecule has 5 rings (SSSR count). The molecule has 9 heteroatoms. The number of aryl methyl sites for hydroxylation is 2. The molecular weight excluding hydrogens is 400 g/mol. The number of ether oxygens (including phenoxy) is 1. The van der Waals surface area contributed by atoms with Crippen molar-refractivity contribution in [2.45, 2.75) is 56.7 Å². The molecule has 2 aromatic heterocycles. The van der Waals surface area contributed by atoms with Crippen molar-refractivity contribution in [3.05, 3.63) is 58.5 Å². The van der Waals surface area contributed by atoms with E-state index in [9.17, 15) is 15.3 Å². The van der Waals surface area contributed by atoms with Gasteiger partial charge in [0.05, 0.1) is 5.39 Å². The summed E-state index contributed by atoms with van der Waals surface area (Å²) in [6.45, 7) is 3.81. The van der Waals surface area contributed by atoms with Gasteiger partial charge in [-0.05, 0) is 49.4 Å². The Morgan fingerprint density at radius 1 is 1.23 bits per heavy atom. The van der Waals surface area contributed by atoms with Gasteiger partial charge in [-0.1, -0.05) is 23.4 Å². The van der Waals surface area contributed by atoms with Crippen LogP contribution in [0.5, 0.6) is 0 Å². The normalized spacial score (nSPS) is 27.7. The first-order valence-electron chi connectivity index (χ1n) is 10.5. The molecule has 0 unspecified atom stereocenters. The van der Waals surface area contributed by atoms with Gasteiger partial charge in [0.1, 0.15) is 48.1 Å². The van der Waals surface area contributed by atoms with E-state index in [1.54, 1.807) is 19.2 Å². The summed E-state index contributed by atoms with van der Waals surface area (Å²) in [5.74, 6) is 0.274. The number of hydrogen-bond donors (Lipinski definition) is 5. The highest BCUT2D eigenvalue weighted by Gasteiger charge is 2.52. The molecule has 31 heavy (non-hydrogen) atoms. The third-order valence-electron chi connectivity index (χ3n) is 6.29. The Kier molecular flexibility index (Phi) is 4.86. The molecule has 1 aliphatic heterocycles. The van der Waals surface area contributed by atoms with Crippen LogP contribution in [0.3, 0.4) is 0 Å².